The van der Waals surface area contributed by atoms with Crippen LogP contribution in [0.25, 0.3) is 54.0 Å². The Morgan fingerprint density at radius 3 is 2.50 bits per heavy atom. The van der Waals surface area contributed by atoms with E-state index in [1.165, 1.54) is 70.7 Å². The average Bonchev–Trinajstić information content (AvgIpc) is 3.72. The summed E-state index contributed by atoms with van der Waals surface area (Å²) in [5.74, 6) is 3.09. The van der Waals surface area contributed by atoms with Crippen molar-refractivity contribution < 1.29 is 4.57 Å². The van der Waals surface area contributed by atoms with Gasteiger partial charge in [0.05, 0.1) is 29.3 Å². The third-order valence-corrected chi connectivity index (χ3v) is 10.3. The van der Waals surface area contributed by atoms with E-state index < -0.39 is 0 Å². The number of thiophene rings is 1. The third kappa shape index (κ3) is 3.46. The number of benzene rings is 4. The first-order valence-corrected chi connectivity index (χ1v) is 15.8. The molecule has 0 saturated heterocycles. The monoisotopic (exact) mass is 567 g/mol. The van der Waals surface area contributed by atoms with Gasteiger partial charge in [0.25, 0.3) is 5.82 Å². The standard InChI is InChI=1S/C37H35N4S/c1-21(2)25-19-26-24-11-7-10-14-31(24)42-36(26)33(22(3)4)35(25)40-18-17-39(6)37(40)34-23(5)15-16-29-27(34)20-32-38-28-12-8-9-13-30(28)41(29)32/h7-19,21-22H,20H2,1-6H3/q+1. The first-order valence-electron chi connectivity index (χ1n) is 15.0. The van der Waals surface area contributed by atoms with E-state index in [2.05, 4.69) is 134 Å². The van der Waals surface area contributed by atoms with Crippen LogP contribution in [-0.2, 0) is 13.5 Å². The van der Waals surface area contributed by atoms with Crippen LogP contribution in [0.3, 0.4) is 0 Å². The summed E-state index contributed by atoms with van der Waals surface area (Å²) in [6, 6.07) is 24.4. The van der Waals surface area contributed by atoms with Gasteiger partial charge in [0, 0.05) is 37.7 Å². The number of fused-ring (bicyclic) bond motifs is 8. The molecule has 0 atom stereocenters. The van der Waals surface area contributed by atoms with Gasteiger partial charge in [-0.15, -0.1) is 11.3 Å². The van der Waals surface area contributed by atoms with Crippen LogP contribution in [0.1, 0.15) is 67.6 Å². The highest BCUT2D eigenvalue weighted by atomic mass is 32.1. The minimum absolute atomic E-state index is 0.369. The normalized spacial score (nSPS) is 12.9. The van der Waals surface area contributed by atoms with E-state index in [9.17, 15) is 0 Å². The number of imidazole rings is 2. The molecule has 0 amide bonds. The summed E-state index contributed by atoms with van der Waals surface area (Å²) in [4.78, 5) is 5.04. The second-order valence-corrected chi connectivity index (χ2v) is 13.5. The van der Waals surface area contributed by atoms with Crippen LogP contribution < -0.4 is 4.57 Å². The van der Waals surface area contributed by atoms with Crippen molar-refractivity contribution in [3.63, 3.8) is 0 Å². The number of para-hydroxylation sites is 2. The van der Waals surface area contributed by atoms with E-state index in [4.69, 9.17) is 4.98 Å². The Morgan fingerprint density at radius 2 is 1.69 bits per heavy atom. The molecule has 4 aromatic carbocycles. The van der Waals surface area contributed by atoms with Crippen molar-refractivity contribution in [3.05, 3.63) is 107 Å². The average molecular weight is 568 g/mol. The van der Waals surface area contributed by atoms with E-state index in [1.807, 2.05) is 11.3 Å². The van der Waals surface area contributed by atoms with Crippen LogP contribution in [0.2, 0.25) is 0 Å². The van der Waals surface area contributed by atoms with Gasteiger partial charge in [-0.1, -0.05) is 64.1 Å². The lowest BCUT2D eigenvalue weighted by molar-refractivity contribution is -0.659. The number of hydrogen-bond acceptors (Lipinski definition) is 2. The van der Waals surface area contributed by atoms with Crippen molar-refractivity contribution in [2.24, 2.45) is 7.05 Å². The minimum Gasteiger partial charge on any atom is -0.296 e. The summed E-state index contributed by atoms with van der Waals surface area (Å²) in [5.41, 5.74) is 11.6. The van der Waals surface area contributed by atoms with E-state index in [1.54, 1.807) is 0 Å². The molecule has 1 aliphatic heterocycles. The topological polar surface area (TPSA) is 26.6 Å². The molecule has 0 N–H and O–H groups in total. The van der Waals surface area contributed by atoms with Crippen LogP contribution in [0.15, 0.2) is 79.1 Å². The number of aromatic nitrogens is 4. The van der Waals surface area contributed by atoms with Crippen LogP contribution in [-0.4, -0.2) is 14.1 Å². The number of aryl methyl sites for hydroxylation is 2. The summed E-state index contributed by atoms with van der Waals surface area (Å²) in [7, 11) is 2.19. The molecule has 3 aromatic heterocycles. The highest BCUT2D eigenvalue weighted by Gasteiger charge is 2.34. The fraction of sp³-hybridized carbons (Fsp3) is 0.243. The first-order chi connectivity index (χ1) is 20.3. The number of rotatable bonds is 4. The third-order valence-electron chi connectivity index (χ3n) is 9.07. The quantitative estimate of drug-likeness (QED) is 0.195. The van der Waals surface area contributed by atoms with E-state index in [0.29, 0.717) is 11.8 Å². The Kier molecular flexibility index (Phi) is 5.55. The SMILES string of the molecule is Cc1ccc2c(c1-c1n(-c3c(C(C)C)cc4c(sc5ccccc54)c3C(C)C)cc[n+]1C)Cc1nc3ccccc3n1-2. The minimum atomic E-state index is 0.369. The Bertz CT molecular complexity index is 2200. The molecule has 0 fully saturated rings. The second-order valence-electron chi connectivity index (χ2n) is 12.4. The summed E-state index contributed by atoms with van der Waals surface area (Å²) < 4.78 is 9.94. The van der Waals surface area contributed by atoms with Gasteiger partial charge in [-0.3, -0.25) is 4.57 Å². The zero-order valence-corrected chi connectivity index (χ0v) is 25.9. The highest BCUT2D eigenvalue weighted by Crippen LogP contribution is 2.46. The number of nitrogens with zero attached hydrogens (tertiary/aromatic N) is 4. The van der Waals surface area contributed by atoms with Gasteiger partial charge in [0.15, 0.2) is 0 Å². The van der Waals surface area contributed by atoms with E-state index >= 15 is 0 Å². The molecule has 1 aliphatic rings. The molecule has 4 nitrogen and oxygen atoms in total. The van der Waals surface area contributed by atoms with Crippen molar-refractivity contribution in [3.8, 4) is 22.8 Å². The molecule has 0 saturated carbocycles. The molecule has 7 aromatic rings. The van der Waals surface area contributed by atoms with Crippen LogP contribution in [0.4, 0.5) is 0 Å². The van der Waals surface area contributed by atoms with Gasteiger partial charge in [-0.2, -0.15) is 4.57 Å². The van der Waals surface area contributed by atoms with Crippen LogP contribution in [0.5, 0.6) is 0 Å². The maximum absolute atomic E-state index is 5.04. The zero-order valence-electron chi connectivity index (χ0n) is 25.1. The molecular formula is C37H35N4S+. The molecule has 208 valence electrons. The lowest BCUT2D eigenvalue weighted by Crippen LogP contribution is -2.30. The Balaban J connectivity index is 1.44. The van der Waals surface area contributed by atoms with E-state index in [-0.39, 0.29) is 0 Å². The molecule has 8 rings (SSSR count). The molecule has 0 unspecified atom stereocenters. The fourth-order valence-electron chi connectivity index (χ4n) is 7.17. The van der Waals surface area contributed by atoms with Crippen molar-refractivity contribution in [1.29, 1.82) is 0 Å². The van der Waals surface area contributed by atoms with Gasteiger partial charge >= 0.3 is 0 Å². The van der Waals surface area contributed by atoms with Gasteiger partial charge in [0.2, 0.25) is 0 Å². The second kappa shape index (κ2) is 9.14. The molecule has 0 spiro atoms. The fourth-order valence-corrected chi connectivity index (χ4v) is 8.55. The van der Waals surface area contributed by atoms with Crippen molar-refractivity contribution >= 4 is 42.5 Å². The summed E-state index contributed by atoms with van der Waals surface area (Å²) in [6.45, 7) is 11.6. The molecule has 0 bridgehead atoms. The lowest BCUT2D eigenvalue weighted by Gasteiger charge is -2.20. The van der Waals surface area contributed by atoms with Gasteiger partial charge in [-0.05, 0) is 60.2 Å². The van der Waals surface area contributed by atoms with Gasteiger partial charge < -0.3 is 0 Å². The summed E-state index contributed by atoms with van der Waals surface area (Å²) in [5, 5.41) is 2.75. The smallest absolute Gasteiger partial charge is 0.294 e. The highest BCUT2D eigenvalue weighted by molar-refractivity contribution is 7.26. The van der Waals surface area contributed by atoms with Crippen LogP contribution in [0, 0.1) is 6.92 Å². The molecule has 42 heavy (non-hydrogen) atoms. The molecule has 0 radical (unpaired) electrons. The molecule has 5 heteroatoms. The number of hydrogen-bond donors (Lipinski definition) is 0. The molecule has 4 heterocycles. The van der Waals surface area contributed by atoms with Gasteiger partial charge in [0.1, 0.15) is 23.9 Å². The van der Waals surface area contributed by atoms with Gasteiger partial charge in [-0.25, -0.2) is 9.55 Å². The lowest BCUT2D eigenvalue weighted by atomic mass is 9.89. The predicted molar refractivity (Wildman–Crippen MR) is 176 cm³/mol. The maximum Gasteiger partial charge on any atom is 0.294 e. The predicted octanol–water partition coefficient (Wildman–Crippen LogP) is 9.14. The molecule has 0 aliphatic carbocycles. The Hall–Kier alpha value is -4.22. The van der Waals surface area contributed by atoms with E-state index in [0.717, 1.165) is 17.8 Å². The van der Waals surface area contributed by atoms with Crippen molar-refractivity contribution in [2.75, 3.05) is 0 Å². The van der Waals surface area contributed by atoms with Crippen LogP contribution >= 0.6 is 11.3 Å². The summed E-state index contributed by atoms with van der Waals surface area (Å²) in [6.07, 6.45) is 5.33. The summed E-state index contributed by atoms with van der Waals surface area (Å²) >= 11 is 1.94. The maximum atomic E-state index is 5.04. The Morgan fingerprint density at radius 1 is 0.905 bits per heavy atom. The molecular weight excluding hydrogens is 533 g/mol. The largest absolute Gasteiger partial charge is 0.296 e. The Labute approximate surface area is 250 Å². The van der Waals surface area contributed by atoms with Crippen molar-refractivity contribution in [1.82, 2.24) is 14.1 Å². The van der Waals surface area contributed by atoms with Crippen molar-refractivity contribution in [2.45, 2.75) is 52.9 Å². The first kappa shape index (κ1) is 25.5. The zero-order chi connectivity index (χ0) is 28.9.